The third kappa shape index (κ3) is 1.21. The highest BCUT2D eigenvalue weighted by atomic mass is 16.3. The Labute approximate surface area is 82.3 Å². The maximum Gasteiger partial charge on any atom is 0.117 e. The molecule has 72 valence electrons. The van der Waals surface area contributed by atoms with E-state index in [0.29, 0.717) is 11.7 Å². The molecular weight excluding hydrogens is 176 g/mol. The van der Waals surface area contributed by atoms with Gasteiger partial charge in [-0.1, -0.05) is 6.07 Å². The van der Waals surface area contributed by atoms with Crippen LogP contribution in [0.3, 0.4) is 0 Å². The Morgan fingerprint density at radius 1 is 1.29 bits per heavy atom. The monoisotopic (exact) mass is 188 g/mol. The minimum Gasteiger partial charge on any atom is -0.345 e. The summed E-state index contributed by atoms with van der Waals surface area (Å²) in [6, 6.07) is 7.93. The Morgan fingerprint density at radius 2 is 2.07 bits per heavy atom. The Bertz CT molecular complexity index is 471. The van der Waals surface area contributed by atoms with E-state index in [1.165, 1.54) is 0 Å². The average molecular weight is 188 g/mol. The van der Waals surface area contributed by atoms with Gasteiger partial charge in [-0.2, -0.15) is 0 Å². The van der Waals surface area contributed by atoms with Crippen molar-refractivity contribution in [3.63, 3.8) is 0 Å². The molecule has 0 aliphatic carbocycles. The van der Waals surface area contributed by atoms with Gasteiger partial charge in [-0.15, -0.1) is 4.91 Å². The number of nitrogens with zero attached hydrogens (tertiary/aromatic N) is 2. The first-order chi connectivity index (χ1) is 6.74. The first kappa shape index (κ1) is 8.94. The molecule has 0 saturated carbocycles. The molecule has 14 heavy (non-hydrogen) atoms. The maximum absolute atomic E-state index is 10.5. The Hall–Kier alpha value is -1.64. The van der Waals surface area contributed by atoms with Gasteiger partial charge in [-0.05, 0) is 37.2 Å². The third-order valence-corrected chi connectivity index (χ3v) is 2.39. The van der Waals surface area contributed by atoms with Crippen LogP contribution >= 0.6 is 0 Å². The second-order valence-corrected chi connectivity index (χ2v) is 3.62. The van der Waals surface area contributed by atoms with Crippen molar-refractivity contribution in [2.75, 3.05) is 0 Å². The van der Waals surface area contributed by atoms with Crippen LogP contribution in [0, 0.1) is 4.91 Å². The molecule has 0 amide bonds. The molecule has 0 fully saturated rings. The molecule has 2 aromatic rings. The van der Waals surface area contributed by atoms with E-state index in [9.17, 15) is 4.91 Å². The number of benzene rings is 1. The zero-order valence-electron chi connectivity index (χ0n) is 8.27. The van der Waals surface area contributed by atoms with E-state index in [2.05, 4.69) is 23.6 Å². The molecule has 1 aromatic carbocycles. The summed E-state index contributed by atoms with van der Waals surface area (Å²) in [7, 11) is 0. The first-order valence-corrected chi connectivity index (χ1v) is 4.67. The summed E-state index contributed by atoms with van der Waals surface area (Å²) in [5, 5.41) is 3.94. The van der Waals surface area contributed by atoms with Gasteiger partial charge in [-0.3, -0.25) is 0 Å². The fourth-order valence-corrected chi connectivity index (χ4v) is 1.70. The highest BCUT2D eigenvalue weighted by molar-refractivity contribution is 5.90. The summed E-state index contributed by atoms with van der Waals surface area (Å²) in [6.45, 7) is 4.22. The van der Waals surface area contributed by atoms with E-state index < -0.39 is 0 Å². The van der Waals surface area contributed by atoms with Gasteiger partial charge in [0.05, 0.1) is 5.52 Å². The van der Waals surface area contributed by atoms with Crippen molar-refractivity contribution in [3.8, 4) is 0 Å². The molecule has 0 saturated heterocycles. The molecule has 0 atom stereocenters. The number of nitroso groups, excluding NO2 is 1. The van der Waals surface area contributed by atoms with Crippen LogP contribution in [0.4, 0.5) is 5.69 Å². The Morgan fingerprint density at radius 3 is 2.71 bits per heavy atom. The highest BCUT2D eigenvalue weighted by Crippen LogP contribution is 2.28. The van der Waals surface area contributed by atoms with Gasteiger partial charge in [0, 0.05) is 17.6 Å². The second kappa shape index (κ2) is 3.25. The van der Waals surface area contributed by atoms with Crippen molar-refractivity contribution in [2.45, 2.75) is 19.9 Å². The molecule has 0 aliphatic rings. The third-order valence-electron chi connectivity index (χ3n) is 2.39. The van der Waals surface area contributed by atoms with E-state index in [-0.39, 0.29) is 0 Å². The van der Waals surface area contributed by atoms with E-state index in [0.717, 1.165) is 10.9 Å². The minimum atomic E-state index is 0.398. The van der Waals surface area contributed by atoms with Gasteiger partial charge in [0.2, 0.25) is 0 Å². The van der Waals surface area contributed by atoms with E-state index >= 15 is 0 Å². The fourth-order valence-electron chi connectivity index (χ4n) is 1.70. The molecule has 1 heterocycles. The first-order valence-electron chi connectivity index (χ1n) is 4.67. The summed E-state index contributed by atoms with van der Waals surface area (Å²) < 4.78 is 2.13. The van der Waals surface area contributed by atoms with Crippen molar-refractivity contribution in [2.24, 2.45) is 5.18 Å². The Kier molecular flexibility index (Phi) is 2.08. The van der Waals surface area contributed by atoms with Gasteiger partial charge in [-0.25, -0.2) is 0 Å². The van der Waals surface area contributed by atoms with Crippen molar-refractivity contribution in [1.29, 1.82) is 0 Å². The molecular formula is C11H12N2O. The SMILES string of the molecule is CC(C)n1ccc2c(N=O)cccc21. The van der Waals surface area contributed by atoms with Crippen molar-refractivity contribution in [3.05, 3.63) is 35.4 Å². The van der Waals surface area contributed by atoms with Crippen molar-refractivity contribution < 1.29 is 0 Å². The molecule has 0 unspecified atom stereocenters. The Balaban J connectivity index is 2.75. The highest BCUT2D eigenvalue weighted by Gasteiger charge is 2.06. The standard InChI is InChI=1S/C11H12N2O/c1-8(2)13-7-6-9-10(12-14)4-3-5-11(9)13/h3-8H,1-2H3. The van der Waals surface area contributed by atoms with Crippen LogP contribution in [-0.4, -0.2) is 4.57 Å². The molecule has 2 rings (SSSR count). The minimum absolute atomic E-state index is 0.398. The van der Waals surface area contributed by atoms with Gasteiger partial charge in [0.15, 0.2) is 0 Å². The lowest BCUT2D eigenvalue weighted by Crippen LogP contribution is -1.97. The molecule has 0 bridgehead atoms. The van der Waals surface area contributed by atoms with Crippen LogP contribution in [-0.2, 0) is 0 Å². The zero-order valence-corrected chi connectivity index (χ0v) is 8.27. The van der Waals surface area contributed by atoms with Crippen LogP contribution in [0.2, 0.25) is 0 Å². The topological polar surface area (TPSA) is 34.4 Å². The molecule has 3 nitrogen and oxygen atoms in total. The summed E-state index contributed by atoms with van der Waals surface area (Å²) in [5.74, 6) is 0. The van der Waals surface area contributed by atoms with Gasteiger partial charge in [0.25, 0.3) is 0 Å². The van der Waals surface area contributed by atoms with Crippen molar-refractivity contribution in [1.82, 2.24) is 4.57 Å². The normalized spacial score (nSPS) is 11.1. The smallest absolute Gasteiger partial charge is 0.117 e. The number of hydrogen-bond donors (Lipinski definition) is 0. The summed E-state index contributed by atoms with van der Waals surface area (Å²) in [4.78, 5) is 10.5. The van der Waals surface area contributed by atoms with Crippen LogP contribution in [0.15, 0.2) is 35.6 Å². The van der Waals surface area contributed by atoms with Crippen LogP contribution in [0.5, 0.6) is 0 Å². The molecule has 0 spiro atoms. The van der Waals surface area contributed by atoms with Crippen LogP contribution in [0.25, 0.3) is 10.9 Å². The molecule has 1 aromatic heterocycles. The molecule has 0 aliphatic heterocycles. The lowest BCUT2D eigenvalue weighted by molar-refractivity contribution is 0.623. The number of hydrogen-bond acceptors (Lipinski definition) is 2. The van der Waals surface area contributed by atoms with Gasteiger partial charge < -0.3 is 4.57 Å². The van der Waals surface area contributed by atoms with Gasteiger partial charge in [0.1, 0.15) is 5.69 Å². The average Bonchev–Trinajstić information content (AvgIpc) is 2.60. The number of rotatable bonds is 2. The predicted molar refractivity (Wildman–Crippen MR) is 57.8 cm³/mol. The lowest BCUT2D eigenvalue weighted by atomic mass is 10.2. The maximum atomic E-state index is 10.5. The largest absolute Gasteiger partial charge is 0.345 e. The molecule has 0 N–H and O–H groups in total. The predicted octanol–water partition coefficient (Wildman–Crippen LogP) is 3.62. The summed E-state index contributed by atoms with van der Waals surface area (Å²) in [6.07, 6.45) is 1.99. The molecule has 3 heteroatoms. The molecule has 0 radical (unpaired) electrons. The number of aromatic nitrogens is 1. The van der Waals surface area contributed by atoms with Crippen LogP contribution < -0.4 is 0 Å². The van der Waals surface area contributed by atoms with E-state index in [1.807, 2.05) is 24.4 Å². The van der Waals surface area contributed by atoms with Crippen LogP contribution in [0.1, 0.15) is 19.9 Å². The summed E-state index contributed by atoms with van der Waals surface area (Å²) >= 11 is 0. The van der Waals surface area contributed by atoms with Gasteiger partial charge >= 0.3 is 0 Å². The van der Waals surface area contributed by atoms with E-state index in [4.69, 9.17) is 0 Å². The summed E-state index contributed by atoms with van der Waals surface area (Å²) in [5.41, 5.74) is 1.58. The second-order valence-electron chi connectivity index (χ2n) is 3.62. The quantitative estimate of drug-likeness (QED) is 0.663. The number of fused-ring (bicyclic) bond motifs is 1. The lowest BCUT2D eigenvalue weighted by Gasteiger charge is -2.08. The fraction of sp³-hybridized carbons (Fsp3) is 0.273. The van der Waals surface area contributed by atoms with Crippen molar-refractivity contribution >= 4 is 16.6 Å². The zero-order chi connectivity index (χ0) is 10.1. The van der Waals surface area contributed by atoms with E-state index in [1.54, 1.807) is 6.07 Å².